The molecule has 0 N–H and O–H groups in total. The summed E-state index contributed by atoms with van der Waals surface area (Å²) >= 11 is 0. The molecule has 4 heterocycles. The number of piperidine rings is 1. The zero-order valence-electron chi connectivity index (χ0n) is 16.0. The van der Waals surface area contributed by atoms with Crippen LogP contribution in [0.1, 0.15) is 5.56 Å². The Morgan fingerprint density at radius 1 is 1.13 bits per heavy atom. The number of anilines is 1. The molecule has 3 atom stereocenters. The summed E-state index contributed by atoms with van der Waals surface area (Å²) in [6.45, 7) is 0.937. The summed E-state index contributed by atoms with van der Waals surface area (Å²) in [7, 11) is 0. The molecule has 7 nitrogen and oxygen atoms in total. The van der Waals surface area contributed by atoms with Gasteiger partial charge in [-0.2, -0.15) is 18.3 Å². The van der Waals surface area contributed by atoms with Crippen molar-refractivity contribution < 1.29 is 26.7 Å². The lowest BCUT2D eigenvalue weighted by Gasteiger charge is -2.21. The summed E-state index contributed by atoms with van der Waals surface area (Å²) in [5.74, 6) is 1.00. The molecule has 0 amide bonds. The number of pyridine rings is 1. The predicted molar refractivity (Wildman–Crippen MR) is 98.7 cm³/mol. The maximum absolute atomic E-state index is 13.1. The number of hydrogen-bond donors (Lipinski definition) is 0. The topological polar surface area (TPSA) is 69.0 Å². The highest BCUT2D eigenvalue weighted by atomic mass is 19.4. The van der Waals surface area contributed by atoms with Crippen LogP contribution in [0.5, 0.6) is 5.75 Å². The van der Waals surface area contributed by atoms with Gasteiger partial charge in [0.1, 0.15) is 29.2 Å². The molecule has 3 aromatic rings. The number of fused-ring (bicyclic) bond motifs is 2. The third-order valence-electron chi connectivity index (χ3n) is 5.86. The summed E-state index contributed by atoms with van der Waals surface area (Å²) in [6, 6.07) is 0.901. The second kappa shape index (κ2) is 7.27. The molecule has 0 spiro atoms. The van der Waals surface area contributed by atoms with E-state index in [1.54, 1.807) is 6.20 Å². The Balaban J connectivity index is 1.22. The number of halogens is 5. The lowest BCUT2D eigenvalue weighted by molar-refractivity contribution is -0.139. The van der Waals surface area contributed by atoms with Crippen LogP contribution in [-0.4, -0.2) is 50.9 Å². The van der Waals surface area contributed by atoms with Gasteiger partial charge in [0.25, 0.3) is 6.43 Å². The minimum absolute atomic E-state index is 0.151. The average molecular weight is 440 g/mol. The van der Waals surface area contributed by atoms with Gasteiger partial charge in [0, 0.05) is 25.2 Å². The molecule has 2 fully saturated rings. The fraction of sp³-hybridized carbons (Fsp3) is 0.474. The molecule has 1 saturated carbocycles. The van der Waals surface area contributed by atoms with Crippen molar-refractivity contribution in [3.05, 3.63) is 36.4 Å². The van der Waals surface area contributed by atoms with Crippen LogP contribution < -0.4 is 9.64 Å². The van der Waals surface area contributed by atoms with Gasteiger partial charge in [-0.25, -0.2) is 23.4 Å². The van der Waals surface area contributed by atoms with Crippen LogP contribution in [0.15, 0.2) is 30.9 Å². The second-order valence-electron chi connectivity index (χ2n) is 7.73. The number of aromatic nitrogens is 5. The van der Waals surface area contributed by atoms with Crippen LogP contribution in [0.4, 0.5) is 27.8 Å². The lowest BCUT2D eigenvalue weighted by atomic mass is 10.2. The summed E-state index contributed by atoms with van der Waals surface area (Å²) < 4.78 is 71.2. The maximum Gasteiger partial charge on any atom is 0.420 e. The van der Waals surface area contributed by atoms with Crippen molar-refractivity contribution >= 4 is 17.0 Å². The Kier molecular flexibility index (Phi) is 4.67. The average Bonchev–Trinajstić information content (AvgIpc) is 3.04. The van der Waals surface area contributed by atoms with E-state index >= 15 is 0 Å². The van der Waals surface area contributed by atoms with E-state index in [9.17, 15) is 22.0 Å². The van der Waals surface area contributed by atoms with Crippen LogP contribution >= 0.6 is 0 Å². The van der Waals surface area contributed by atoms with E-state index < -0.39 is 24.7 Å². The Morgan fingerprint density at radius 2 is 1.90 bits per heavy atom. The van der Waals surface area contributed by atoms with Gasteiger partial charge in [0.2, 0.25) is 0 Å². The van der Waals surface area contributed by atoms with Crippen molar-refractivity contribution in [2.75, 3.05) is 24.6 Å². The first-order valence-electron chi connectivity index (χ1n) is 9.67. The van der Waals surface area contributed by atoms with Crippen molar-refractivity contribution in [3.8, 4) is 5.75 Å². The first-order chi connectivity index (χ1) is 14.8. The molecule has 1 aliphatic carbocycles. The molecule has 2 aliphatic rings. The van der Waals surface area contributed by atoms with Crippen LogP contribution in [-0.2, 0) is 12.7 Å². The molecule has 0 bridgehead atoms. The molecular formula is C19H17F5N6O. The zero-order valence-corrected chi connectivity index (χ0v) is 16.0. The molecular weight excluding hydrogens is 423 g/mol. The first-order valence-corrected chi connectivity index (χ1v) is 9.67. The van der Waals surface area contributed by atoms with E-state index in [4.69, 9.17) is 4.74 Å². The highest BCUT2D eigenvalue weighted by Gasteiger charge is 2.56. The number of rotatable bonds is 6. The van der Waals surface area contributed by atoms with E-state index in [1.807, 2.05) is 4.90 Å². The van der Waals surface area contributed by atoms with E-state index in [0.29, 0.717) is 30.1 Å². The summed E-state index contributed by atoms with van der Waals surface area (Å²) in [6.07, 6.45) is -1.89. The highest BCUT2D eigenvalue weighted by Crippen LogP contribution is 2.52. The van der Waals surface area contributed by atoms with Crippen molar-refractivity contribution in [1.29, 1.82) is 0 Å². The number of ether oxygens (including phenoxy) is 1. The molecule has 1 aliphatic heterocycles. The molecule has 1 saturated heterocycles. The second-order valence-corrected chi connectivity index (χ2v) is 7.73. The Bertz CT molecular complexity index is 1090. The molecule has 0 aromatic carbocycles. The Labute approximate surface area is 172 Å². The lowest BCUT2D eigenvalue weighted by Crippen LogP contribution is -2.26. The Morgan fingerprint density at radius 3 is 2.61 bits per heavy atom. The minimum atomic E-state index is -4.50. The molecule has 0 unspecified atom stereocenters. The smallest absolute Gasteiger partial charge is 0.420 e. The van der Waals surface area contributed by atoms with E-state index in [2.05, 4.69) is 20.1 Å². The van der Waals surface area contributed by atoms with Gasteiger partial charge in [-0.3, -0.25) is 4.98 Å². The Hall–Kier alpha value is -3.05. The van der Waals surface area contributed by atoms with Gasteiger partial charge >= 0.3 is 6.18 Å². The van der Waals surface area contributed by atoms with Gasteiger partial charge in [-0.1, -0.05) is 0 Å². The quantitative estimate of drug-likeness (QED) is 0.548. The third kappa shape index (κ3) is 3.74. The monoisotopic (exact) mass is 440 g/mol. The zero-order chi connectivity index (χ0) is 21.8. The maximum atomic E-state index is 13.1. The van der Waals surface area contributed by atoms with E-state index in [-0.39, 0.29) is 30.1 Å². The van der Waals surface area contributed by atoms with Crippen LogP contribution in [0, 0.1) is 17.8 Å². The fourth-order valence-electron chi connectivity index (χ4n) is 4.26. The van der Waals surface area contributed by atoms with Gasteiger partial charge in [0.15, 0.2) is 5.65 Å². The minimum Gasteiger partial charge on any atom is -0.491 e. The molecule has 31 heavy (non-hydrogen) atoms. The van der Waals surface area contributed by atoms with Crippen LogP contribution in [0.25, 0.3) is 11.2 Å². The van der Waals surface area contributed by atoms with Gasteiger partial charge < -0.3 is 9.64 Å². The molecule has 0 radical (unpaired) electrons. The van der Waals surface area contributed by atoms with Crippen molar-refractivity contribution in [3.63, 3.8) is 0 Å². The van der Waals surface area contributed by atoms with Crippen molar-refractivity contribution in [1.82, 2.24) is 24.7 Å². The molecule has 12 heteroatoms. The molecule has 3 aromatic heterocycles. The van der Waals surface area contributed by atoms with E-state index in [1.165, 1.54) is 6.20 Å². The molecule has 164 valence electrons. The largest absolute Gasteiger partial charge is 0.491 e. The summed E-state index contributed by atoms with van der Waals surface area (Å²) in [5.41, 5.74) is -0.0922. The highest BCUT2D eigenvalue weighted by molar-refractivity contribution is 5.71. The van der Waals surface area contributed by atoms with Gasteiger partial charge in [-0.15, -0.1) is 0 Å². The summed E-state index contributed by atoms with van der Waals surface area (Å²) in [4.78, 5) is 14.4. The SMILES string of the molecule is FC(F)Cn1ncc2ncc(N3C[C@@H]4[C@@H](COc5cnccc5C(F)(F)F)[C@@H]4C3)nc21. The fourth-order valence-corrected chi connectivity index (χ4v) is 4.26. The first kappa shape index (κ1) is 19.9. The number of alkyl halides is 5. The third-order valence-corrected chi connectivity index (χ3v) is 5.86. The number of hydrogen-bond acceptors (Lipinski definition) is 6. The summed E-state index contributed by atoms with van der Waals surface area (Å²) in [5, 5.41) is 3.91. The van der Waals surface area contributed by atoms with E-state index in [0.717, 1.165) is 23.1 Å². The van der Waals surface area contributed by atoms with Gasteiger partial charge in [0.05, 0.1) is 25.2 Å². The van der Waals surface area contributed by atoms with Crippen LogP contribution in [0.2, 0.25) is 0 Å². The van der Waals surface area contributed by atoms with Crippen molar-refractivity contribution in [2.45, 2.75) is 19.1 Å². The van der Waals surface area contributed by atoms with Crippen molar-refractivity contribution in [2.24, 2.45) is 17.8 Å². The van der Waals surface area contributed by atoms with Crippen LogP contribution in [0.3, 0.4) is 0 Å². The normalized spacial score (nSPS) is 22.9. The van der Waals surface area contributed by atoms with Gasteiger partial charge in [-0.05, 0) is 17.9 Å². The molecule has 5 rings (SSSR count). The predicted octanol–water partition coefficient (Wildman–Crippen LogP) is 3.27. The number of nitrogens with zero attached hydrogens (tertiary/aromatic N) is 6. The standard InChI is InChI=1S/C19H17F5N6O/c20-16(21)8-30-18-14(3-27-30)26-5-17(28-18)29-6-10-11(7-29)12(10)9-31-15-4-25-2-1-13(15)19(22,23)24/h1-5,10-12,16H,6-9H2/t10-,11+,12+.